The summed E-state index contributed by atoms with van der Waals surface area (Å²) in [5, 5.41) is 0. The Morgan fingerprint density at radius 3 is 1.16 bits per heavy atom. The maximum absolute atomic E-state index is 12.8. The molecule has 10 heteroatoms. The highest BCUT2D eigenvalue weighted by Gasteiger charge is 2.27. The van der Waals surface area contributed by atoms with Gasteiger partial charge in [-0.25, -0.2) is 4.57 Å². The molecule has 0 amide bonds. The van der Waals surface area contributed by atoms with Crippen molar-refractivity contribution in [3.63, 3.8) is 0 Å². The number of hydrogen-bond acceptors (Lipinski definition) is 7. The van der Waals surface area contributed by atoms with Crippen molar-refractivity contribution in [2.24, 2.45) is 0 Å². The summed E-state index contributed by atoms with van der Waals surface area (Å²) in [6.45, 7) is 4.23. The Morgan fingerprint density at radius 1 is 0.432 bits per heavy atom. The summed E-state index contributed by atoms with van der Waals surface area (Å²) in [5.41, 5.74) is 0. The zero-order chi connectivity index (χ0) is 54.2. The van der Waals surface area contributed by atoms with Crippen LogP contribution in [0.3, 0.4) is 0 Å². The van der Waals surface area contributed by atoms with Gasteiger partial charge in [-0.3, -0.25) is 18.6 Å². The summed E-state index contributed by atoms with van der Waals surface area (Å²) in [4.78, 5) is 35.7. The van der Waals surface area contributed by atoms with Crippen molar-refractivity contribution in [3.8, 4) is 0 Å². The second-order valence-corrected chi connectivity index (χ2v) is 21.4. The highest BCUT2D eigenvalue weighted by atomic mass is 31.2. The van der Waals surface area contributed by atoms with E-state index in [-0.39, 0.29) is 32.0 Å². The van der Waals surface area contributed by atoms with E-state index < -0.39 is 26.5 Å². The molecule has 0 aromatic rings. The molecule has 0 saturated carbocycles. The molecule has 0 heterocycles. The van der Waals surface area contributed by atoms with E-state index in [1.807, 2.05) is 21.1 Å². The smallest absolute Gasteiger partial charge is 0.462 e. The quantitative estimate of drug-likeness (QED) is 0.0211. The third kappa shape index (κ3) is 57.4. The van der Waals surface area contributed by atoms with Crippen molar-refractivity contribution in [2.75, 3.05) is 47.5 Å². The van der Waals surface area contributed by atoms with E-state index >= 15 is 0 Å². The van der Waals surface area contributed by atoms with Crippen LogP contribution in [-0.4, -0.2) is 74.9 Å². The third-order valence-electron chi connectivity index (χ3n) is 11.7. The fourth-order valence-electron chi connectivity index (χ4n) is 7.21. The maximum Gasteiger partial charge on any atom is 0.472 e. The van der Waals surface area contributed by atoms with Crippen molar-refractivity contribution >= 4 is 19.8 Å². The number of unbranched alkanes of at least 4 members (excludes halogenated alkanes) is 15. The van der Waals surface area contributed by atoms with Crippen molar-refractivity contribution in [1.29, 1.82) is 0 Å². The Balaban J connectivity index is 4.30. The molecule has 0 saturated heterocycles. The summed E-state index contributed by atoms with van der Waals surface area (Å²) in [6, 6.07) is 0. The molecular formula is C64H107NO8P+. The van der Waals surface area contributed by atoms with E-state index in [0.717, 1.165) is 116 Å². The molecule has 0 spiro atoms. The predicted molar refractivity (Wildman–Crippen MR) is 316 cm³/mol. The zero-order valence-electron chi connectivity index (χ0n) is 47.5. The van der Waals surface area contributed by atoms with Gasteiger partial charge in [0.1, 0.15) is 19.8 Å². The first kappa shape index (κ1) is 70.1. The Morgan fingerprint density at radius 2 is 0.770 bits per heavy atom. The van der Waals surface area contributed by atoms with Crippen LogP contribution in [0.1, 0.15) is 206 Å². The van der Waals surface area contributed by atoms with E-state index in [0.29, 0.717) is 17.4 Å². The van der Waals surface area contributed by atoms with Gasteiger partial charge in [0, 0.05) is 12.8 Å². The minimum atomic E-state index is -4.41. The molecule has 0 rings (SSSR count). The largest absolute Gasteiger partial charge is 0.472 e. The number of phosphoric ester groups is 1. The standard InChI is InChI=1S/C64H106NO8P/c1-6-8-10-12-14-16-18-20-22-24-26-27-28-29-30-31-32-33-34-35-36-37-39-41-43-45-47-49-51-53-55-57-64(67)73-62(61-72-74(68,69)71-59-58-65(3,4)5)60-70-63(66)56-54-52-50-48-46-44-42-40-38-25-23-21-19-17-15-13-11-9-7-2/h8,10,14-17,20-23,26-27,29-30,32-33,35-36,39,41,45,47,62H,6-7,9,11-13,18-19,24-25,28,31,34,37-38,40,42-44,46,48-61H2,1-5H3/p+1/b10-8-,16-14-,17-15-,22-20-,23-21-,27-26-,30-29-,33-32-,36-35-,41-39-,47-45-. The first-order valence-electron chi connectivity index (χ1n) is 28.9. The van der Waals surface area contributed by atoms with Crippen molar-refractivity contribution in [3.05, 3.63) is 134 Å². The topological polar surface area (TPSA) is 108 Å². The average molecular weight is 1050 g/mol. The highest BCUT2D eigenvalue weighted by Crippen LogP contribution is 2.43. The highest BCUT2D eigenvalue weighted by molar-refractivity contribution is 7.47. The summed E-state index contributed by atoms with van der Waals surface area (Å²) in [6.07, 6.45) is 78.0. The first-order chi connectivity index (χ1) is 36.0. The number of likely N-dealkylation sites (N-methyl/N-ethyl adjacent to an activating group) is 1. The van der Waals surface area contributed by atoms with E-state index in [9.17, 15) is 19.0 Å². The molecule has 74 heavy (non-hydrogen) atoms. The lowest BCUT2D eigenvalue weighted by molar-refractivity contribution is -0.870. The Labute approximate surface area is 453 Å². The van der Waals surface area contributed by atoms with Crippen LogP contribution in [-0.2, 0) is 32.7 Å². The molecule has 0 aromatic carbocycles. The van der Waals surface area contributed by atoms with Crippen LogP contribution in [0.15, 0.2) is 134 Å². The van der Waals surface area contributed by atoms with Gasteiger partial charge in [-0.05, 0) is 116 Å². The monoisotopic (exact) mass is 1050 g/mol. The summed E-state index contributed by atoms with van der Waals surface area (Å²) >= 11 is 0. The summed E-state index contributed by atoms with van der Waals surface area (Å²) in [5.74, 6) is -0.851. The van der Waals surface area contributed by atoms with Crippen LogP contribution in [0.4, 0.5) is 0 Å². The third-order valence-corrected chi connectivity index (χ3v) is 12.6. The van der Waals surface area contributed by atoms with Gasteiger partial charge in [0.15, 0.2) is 6.10 Å². The number of allylic oxidation sites excluding steroid dienone is 22. The molecule has 0 bridgehead atoms. The molecule has 0 fully saturated rings. The lowest BCUT2D eigenvalue weighted by Gasteiger charge is -2.24. The lowest BCUT2D eigenvalue weighted by Crippen LogP contribution is -2.37. The molecule has 2 unspecified atom stereocenters. The lowest BCUT2D eigenvalue weighted by atomic mass is 10.1. The number of carbonyl (C=O) groups is 2. The van der Waals surface area contributed by atoms with Crippen LogP contribution < -0.4 is 0 Å². The Bertz CT molecular complexity index is 1710. The van der Waals surface area contributed by atoms with Gasteiger partial charge in [0.2, 0.25) is 0 Å². The van der Waals surface area contributed by atoms with Crippen LogP contribution in [0.25, 0.3) is 0 Å². The fourth-order valence-corrected chi connectivity index (χ4v) is 7.95. The molecule has 0 aliphatic carbocycles. The molecule has 1 N–H and O–H groups in total. The number of esters is 2. The van der Waals surface area contributed by atoms with Gasteiger partial charge in [-0.1, -0.05) is 212 Å². The van der Waals surface area contributed by atoms with Crippen LogP contribution >= 0.6 is 7.82 Å². The number of ether oxygens (including phenoxy) is 2. The van der Waals surface area contributed by atoms with E-state index in [1.54, 1.807) is 0 Å². The first-order valence-corrected chi connectivity index (χ1v) is 30.4. The number of hydrogen-bond donors (Lipinski definition) is 1. The van der Waals surface area contributed by atoms with Crippen molar-refractivity contribution in [2.45, 2.75) is 213 Å². The molecule has 0 aliphatic heterocycles. The number of quaternary nitrogens is 1. The number of nitrogens with zero attached hydrogens (tertiary/aromatic N) is 1. The Hall–Kier alpha value is -3.85. The van der Waals surface area contributed by atoms with E-state index in [2.05, 4.69) is 148 Å². The number of phosphoric acid groups is 1. The second-order valence-electron chi connectivity index (χ2n) is 19.9. The number of rotatable bonds is 51. The SMILES string of the molecule is CC/C=C\C/C=C\C/C=C\C/C=C\C/C=C\C/C=C\C/C=C\C/C=C\C/C=C\CCCCCC(=O)OC(COC(=O)CCCCCCCCCCC/C=C\C/C=C\CCCCC)COP(=O)(O)OCC[N+](C)(C)C. The van der Waals surface area contributed by atoms with Crippen LogP contribution in [0.5, 0.6) is 0 Å². The fraction of sp³-hybridized carbons (Fsp3) is 0.625. The number of carbonyl (C=O) groups excluding carboxylic acids is 2. The molecule has 0 aliphatic rings. The maximum atomic E-state index is 12.8. The van der Waals surface area contributed by atoms with Crippen molar-refractivity contribution in [1.82, 2.24) is 0 Å². The molecule has 420 valence electrons. The minimum Gasteiger partial charge on any atom is -0.462 e. The van der Waals surface area contributed by atoms with Crippen molar-refractivity contribution < 1.29 is 42.1 Å². The van der Waals surface area contributed by atoms with Crippen LogP contribution in [0.2, 0.25) is 0 Å². The van der Waals surface area contributed by atoms with Gasteiger partial charge >= 0.3 is 19.8 Å². The summed E-state index contributed by atoms with van der Waals surface area (Å²) in [7, 11) is 1.43. The molecule has 0 radical (unpaired) electrons. The minimum absolute atomic E-state index is 0.0165. The van der Waals surface area contributed by atoms with E-state index in [4.69, 9.17) is 18.5 Å². The van der Waals surface area contributed by atoms with Gasteiger partial charge in [-0.15, -0.1) is 0 Å². The van der Waals surface area contributed by atoms with E-state index in [1.165, 1.54) is 57.8 Å². The van der Waals surface area contributed by atoms with Gasteiger partial charge in [-0.2, -0.15) is 0 Å². The molecule has 9 nitrogen and oxygen atoms in total. The van der Waals surface area contributed by atoms with Gasteiger partial charge in [0.05, 0.1) is 27.7 Å². The van der Waals surface area contributed by atoms with Crippen LogP contribution in [0, 0.1) is 0 Å². The Kier molecular flexibility index (Phi) is 51.2. The van der Waals surface area contributed by atoms with Gasteiger partial charge in [0.25, 0.3) is 0 Å². The summed E-state index contributed by atoms with van der Waals surface area (Å²) < 4.78 is 34.5. The van der Waals surface area contributed by atoms with Gasteiger partial charge < -0.3 is 18.9 Å². The molecule has 0 aromatic heterocycles. The molecular weight excluding hydrogens is 942 g/mol. The second kappa shape index (κ2) is 54.0. The predicted octanol–water partition coefficient (Wildman–Crippen LogP) is 18.1. The molecule has 2 atom stereocenters. The normalized spacial score (nSPS) is 14.3. The zero-order valence-corrected chi connectivity index (χ0v) is 48.4. The average Bonchev–Trinajstić information content (AvgIpc) is 3.36.